The van der Waals surface area contributed by atoms with Crippen molar-refractivity contribution < 1.29 is 9.90 Å². The average Bonchev–Trinajstić information content (AvgIpc) is 3.12. The fourth-order valence-corrected chi connectivity index (χ4v) is 3.51. The van der Waals surface area contributed by atoms with Crippen LogP contribution in [0.15, 0.2) is 42.5 Å². The van der Waals surface area contributed by atoms with Crippen LogP contribution in [0.3, 0.4) is 0 Å². The van der Waals surface area contributed by atoms with E-state index in [9.17, 15) is 9.90 Å². The van der Waals surface area contributed by atoms with Gasteiger partial charge >= 0.3 is 0 Å². The van der Waals surface area contributed by atoms with E-state index in [-0.39, 0.29) is 12.0 Å². The van der Waals surface area contributed by atoms with E-state index in [0.717, 1.165) is 42.8 Å². The summed E-state index contributed by atoms with van der Waals surface area (Å²) in [6, 6.07) is 13.3. The Morgan fingerprint density at radius 1 is 1.14 bits per heavy atom. The Bertz CT molecular complexity index is 978. The Morgan fingerprint density at radius 2 is 1.93 bits per heavy atom. The standard InChI is InChI=1S/C20H24N6O2/c1-21-19(28)13-4-2-5-15(12-13)23-20-24-18-7-3-6-17(26(18)25-20)22-14-8-10-16(27)11-9-14/h2-7,12,14,16,22,27H,8-11H2,1H3,(H,21,28)(H,23,25). The van der Waals surface area contributed by atoms with Gasteiger partial charge in [0.05, 0.1) is 6.10 Å². The molecule has 3 aromatic rings. The number of carbonyl (C=O) groups is 1. The van der Waals surface area contributed by atoms with Gasteiger partial charge in [0.1, 0.15) is 5.82 Å². The summed E-state index contributed by atoms with van der Waals surface area (Å²) in [5.74, 6) is 1.19. The number of aromatic nitrogens is 3. The number of hydrogen-bond acceptors (Lipinski definition) is 6. The topological polar surface area (TPSA) is 104 Å². The molecule has 1 aromatic carbocycles. The molecule has 8 heteroatoms. The van der Waals surface area contributed by atoms with Gasteiger partial charge < -0.3 is 21.1 Å². The molecule has 1 fully saturated rings. The second-order valence-electron chi connectivity index (χ2n) is 7.05. The number of aliphatic hydroxyl groups is 1. The van der Waals surface area contributed by atoms with Gasteiger partial charge in [0.2, 0.25) is 5.95 Å². The quantitative estimate of drug-likeness (QED) is 0.542. The third kappa shape index (κ3) is 3.91. The highest BCUT2D eigenvalue weighted by Gasteiger charge is 2.20. The van der Waals surface area contributed by atoms with Crippen LogP contribution in [0.5, 0.6) is 0 Å². The van der Waals surface area contributed by atoms with Crippen LogP contribution in [0.4, 0.5) is 17.5 Å². The van der Waals surface area contributed by atoms with Crippen LogP contribution in [-0.4, -0.2) is 44.8 Å². The van der Waals surface area contributed by atoms with Crippen LogP contribution >= 0.6 is 0 Å². The molecule has 1 amide bonds. The first kappa shape index (κ1) is 18.2. The van der Waals surface area contributed by atoms with Gasteiger partial charge in [-0.25, -0.2) is 0 Å². The number of carbonyl (C=O) groups excluding carboxylic acids is 1. The molecule has 146 valence electrons. The highest BCUT2D eigenvalue weighted by atomic mass is 16.3. The van der Waals surface area contributed by atoms with E-state index < -0.39 is 0 Å². The van der Waals surface area contributed by atoms with Crippen LogP contribution in [0.1, 0.15) is 36.0 Å². The zero-order valence-corrected chi connectivity index (χ0v) is 15.7. The van der Waals surface area contributed by atoms with Crippen molar-refractivity contribution in [1.82, 2.24) is 19.9 Å². The fourth-order valence-electron chi connectivity index (χ4n) is 3.51. The molecule has 4 N–H and O–H groups in total. The molecule has 4 rings (SSSR count). The Kier molecular flexibility index (Phi) is 5.12. The molecule has 28 heavy (non-hydrogen) atoms. The molecule has 1 aliphatic carbocycles. The normalized spacial score (nSPS) is 19.4. The number of amides is 1. The van der Waals surface area contributed by atoms with Gasteiger partial charge in [0, 0.05) is 24.3 Å². The Hall–Kier alpha value is -3.13. The lowest BCUT2D eigenvalue weighted by atomic mass is 9.93. The zero-order chi connectivity index (χ0) is 19.5. The minimum atomic E-state index is -0.179. The van der Waals surface area contributed by atoms with Crippen LogP contribution in [0.25, 0.3) is 5.65 Å². The first-order chi connectivity index (χ1) is 13.6. The van der Waals surface area contributed by atoms with Crippen molar-refractivity contribution in [3.63, 3.8) is 0 Å². The van der Waals surface area contributed by atoms with Gasteiger partial charge in [0.25, 0.3) is 5.91 Å². The number of hydrogen-bond donors (Lipinski definition) is 4. The summed E-state index contributed by atoms with van der Waals surface area (Å²) in [5, 5.41) is 23.6. The minimum Gasteiger partial charge on any atom is -0.393 e. The third-order valence-electron chi connectivity index (χ3n) is 5.02. The second kappa shape index (κ2) is 7.85. The van der Waals surface area contributed by atoms with E-state index >= 15 is 0 Å². The highest BCUT2D eigenvalue weighted by Crippen LogP contribution is 2.23. The van der Waals surface area contributed by atoms with E-state index in [0.29, 0.717) is 17.6 Å². The van der Waals surface area contributed by atoms with Crippen LogP contribution in [0, 0.1) is 0 Å². The van der Waals surface area contributed by atoms with Crippen molar-refractivity contribution in [1.29, 1.82) is 0 Å². The maximum absolute atomic E-state index is 11.8. The minimum absolute atomic E-state index is 0.143. The van der Waals surface area contributed by atoms with Crippen molar-refractivity contribution in [2.45, 2.75) is 37.8 Å². The Labute approximate surface area is 163 Å². The first-order valence-electron chi connectivity index (χ1n) is 9.52. The number of nitrogens with zero attached hydrogens (tertiary/aromatic N) is 3. The maximum Gasteiger partial charge on any atom is 0.251 e. The third-order valence-corrected chi connectivity index (χ3v) is 5.02. The second-order valence-corrected chi connectivity index (χ2v) is 7.05. The van der Waals surface area contributed by atoms with E-state index in [1.165, 1.54) is 0 Å². The zero-order valence-electron chi connectivity index (χ0n) is 15.7. The van der Waals surface area contributed by atoms with Crippen LogP contribution in [0.2, 0.25) is 0 Å². The molecule has 0 aliphatic heterocycles. The summed E-state index contributed by atoms with van der Waals surface area (Å²) >= 11 is 0. The van der Waals surface area contributed by atoms with E-state index in [2.05, 4.69) is 26.0 Å². The first-order valence-corrected chi connectivity index (χ1v) is 9.52. The number of pyridine rings is 1. The van der Waals surface area contributed by atoms with Crippen molar-refractivity contribution in [2.24, 2.45) is 0 Å². The monoisotopic (exact) mass is 380 g/mol. The average molecular weight is 380 g/mol. The lowest BCUT2D eigenvalue weighted by molar-refractivity contribution is 0.0963. The predicted molar refractivity (Wildman–Crippen MR) is 108 cm³/mol. The molecular weight excluding hydrogens is 356 g/mol. The Balaban J connectivity index is 1.54. The lowest BCUT2D eigenvalue weighted by Crippen LogP contribution is -2.29. The smallest absolute Gasteiger partial charge is 0.251 e. The van der Waals surface area contributed by atoms with Crippen LogP contribution < -0.4 is 16.0 Å². The highest BCUT2D eigenvalue weighted by molar-refractivity contribution is 5.95. The van der Waals surface area contributed by atoms with Crippen molar-refractivity contribution >= 4 is 29.0 Å². The molecule has 0 radical (unpaired) electrons. The summed E-state index contributed by atoms with van der Waals surface area (Å²) in [6.07, 6.45) is 3.33. The van der Waals surface area contributed by atoms with Gasteiger partial charge in [-0.3, -0.25) is 4.79 Å². The summed E-state index contributed by atoms with van der Waals surface area (Å²) in [6.45, 7) is 0. The molecule has 0 unspecified atom stereocenters. The largest absolute Gasteiger partial charge is 0.393 e. The number of fused-ring (bicyclic) bond motifs is 1. The molecular formula is C20H24N6O2. The summed E-state index contributed by atoms with van der Waals surface area (Å²) in [4.78, 5) is 16.3. The van der Waals surface area contributed by atoms with Crippen molar-refractivity contribution in [2.75, 3.05) is 17.7 Å². The van der Waals surface area contributed by atoms with Gasteiger partial charge in [-0.05, 0) is 56.0 Å². The summed E-state index contributed by atoms with van der Waals surface area (Å²) in [5.41, 5.74) is 2.04. The molecule has 2 aromatic heterocycles. The van der Waals surface area contributed by atoms with Gasteiger partial charge in [-0.15, -0.1) is 5.10 Å². The van der Waals surface area contributed by atoms with Crippen molar-refractivity contribution in [3.05, 3.63) is 48.0 Å². The van der Waals surface area contributed by atoms with Gasteiger partial charge in [-0.2, -0.15) is 9.50 Å². The van der Waals surface area contributed by atoms with Crippen molar-refractivity contribution in [3.8, 4) is 0 Å². The summed E-state index contributed by atoms with van der Waals surface area (Å²) < 4.78 is 1.77. The molecule has 1 aliphatic rings. The molecule has 0 atom stereocenters. The molecule has 0 spiro atoms. The molecule has 0 saturated heterocycles. The number of aliphatic hydroxyl groups excluding tert-OH is 1. The summed E-state index contributed by atoms with van der Waals surface area (Å²) in [7, 11) is 1.60. The van der Waals surface area contributed by atoms with Gasteiger partial charge in [0.15, 0.2) is 5.65 Å². The fraction of sp³-hybridized carbons (Fsp3) is 0.350. The molecule has 8 nitrogen and oxygen atoms in total. The number of anilines is 3. The predicted octanol–water partition coefficient (Wildman–Crippen LogP) is 2.55. The molecule has 1 saturated carbocycles. The number of benzene rings is 1. The van der Waals surface area contributed by atoms with Gasteiger partial charge in [-0.1, -0.05) is 12.1 Å². The van der Waals surface area contributed by atoms with E-state index in [4.69, 9.17) is 0 Å². The lowest BCUT2D eigenvalue weighted by Gasteiger charge is -2.26. The molecule has 2 heterocycles. The Morgan fingerprint density at radius 3 is 2.71 bits per heavy atom. The van der Waals surface area contributed by atoms with E-state index in [1.54, 1.807) is 23.7 Å². The molecule has 0 bridgehead atoms. The van der Waals surface area contributed by atoms with E-state index in [1.807, 2.05) is 30.3 Å². The SMILES string of the molecule is CNC(=O)c1cccc(Nc2nc3cccc(NC4CCC(O)CC4)n3n2)c1. The van der Waals surface area contributed by atoms with Crippen LogP contribution in [-0.2, 0) is 0 Å². The number of nitrogens with one attached hydrogen (secondary N) is 3. The maximum atomic E-state index is 11.8. The number of rotatable bonds is 5.